The van der Waals surface area contributed by atoms with Crippen molar-refractivity contribution in [1.29, 1.82) is 0 Å². The van der Waals surface area contributed by atoms with E-state index in [0.717, 1.165) is 31.2 Å². The minimum atomic E-state index is -4.76. The lowest BCUT2D eigenvalue weighted by atomic mass is 10.1. The fraction of sp³-hybridized carbons (Fsp3) is 0.263. The Labute approximate surface area is 153 Å². The zero-order valence-corrected chi connectivity index (χ0v) is 14.4. The lowest BCUT2D eigenvalue weighted by molar-refractivity contribution is -0.274. The van der Waals surface area contributed by atoms with Crippen molar-refractivity contribution in [1.82, 2.24) is 0 Å². The highest BCUT2D eigenvalue weighted by atomic mass is 19.4. The van der Waals surface area contributed by atoms with Gasteiger partial charge in [-0.05, 0) is 60.4 Å². The topological polar surface area (TPSA) is 34.0 Å². The van der Waals surface area contributed by atoms with Crippen molar-refractivity contribution >= 4 is 12.4 Å². The van der Waals surface area contributed by atoms with Gasteiger partial charge in [0.1, 0.15) is 17.4 Å². The van der Waals surface area contributed by atoms with E-state index >= 15 is 0 Å². The van der Waals surface area contributed by atoms with Crippen molar-refractivity contribution in [3.8, 4) is 5.75 Å². The van der Waals surface area contributed by atoms with Crippen molar-refractivity contribution in [2.24, 2.45) is 10.2 Å². The molecule has 8 heteroatoms. The molecule has 0 unspecified atom stereocenters. The standard InChI is InChI=1S/C19H17F5N2O/c1-2-3-4-14-9-17(20)16(18(21)10-14)12-26-25-11-13-5-7-15(8-6-13)27-19(22,23)24/h5-12H,2-4H2,1H3/b25-11-,26-12+. The first-order valence-corrected chi connectivity index (χ1v) is 8.18. The van der Waals surface area contributed by atoms with Gasteiger partial charge in [0.05, 0.1) is 18.0 Å². The molecule has 0 aliphatic carbocycles. The molecule has 0 saturated carbocycles. The predicted molar refractivity (Wildman–Crippen MR) is 93.3 cm³/mol. The van der Waals surface area contributed by atoms with Gasteiger partial charge in [0.2, 0.25) is 0 Å². The van der Waals surface area contributed by atoms with Crippen LogP contribution in [0.5, 0.6) is 5.75 Å². The predicted octanol–water partition coefficient (Wildman–Crippen LogP) is 5.66. The van der Waals surface area contributed by atoms with E-state index in [1.54, 1.807) is 0 Å². The first kappa shape index (κ1) is 20.5. The van der Waals surface area contributed by atoms with E-state index in [0.29, 0.717) is 17.5 Å². The molecule has 2 rings (SSSR count). The van der Waals surface area contributed by atoms with Crippen LogP contribution in [0.4, 0.5) is 22.0 Å². The number of aryl methyl sites for hydroxylation is 1. The van der Waals surface area contributed by atoms with Gasteiger partial charge in [0.15, 0.2) is 0 Å². The van der Waals surface area contributed by atoms with Crippen molar-refractivity contribution in [2.45, 2.75) is 32.5 Å². The van der Waals surface area contributed by atoms with Gasteiger partial charge >= 0.3 is 6.36 Å². The van der Waals surface area contributed by atoms with Gasteiger partial charge in [-0.2, -0.15) is 10.2 Å². The second-order valence-electron chi connectivity index (χ2n) is 5.68. The van der Waals surface area contributed by atoms with Crippen LogP contribution in [-0.2, 0) is 6.42 Å². The van der Waals surface area contributed by atoms with Crippen molar-refractivity contribution < 1.29 is 26.7 Å². The molecule has 0 heterocycles. The highest BCUT2D eigenvalue weighted by molar-refractivity contribution is 5.83. The maximum Gasteiger partial charge on any atom is 0.573 e. The average Bonchev–Trinajstić information content (AvgIpc) is 2.58. The van der Waals surface area contributed by atoms with Crippen molar-refractivity contribution in [3.63, 3.8) is 0 Å². The van der Waals surface area contributed by atoms with Crippen molar-refractivity contribution in [2.75, 3.05) is 0 Å². The number of unbranched alkanes of at least 4 members (excludes halogenated alkanes) is 1. The molecule has 0 N–H and O–H groups in total. The molecule has 0 radical (unpaired) electrons. The van der Waals surface area contributed by atoms with Crippen LogP contribution in [0.15, 0.2) is 46.6 Å². The number of rotatable bonds is 7. The van der Waals surface area contributed by atoms with E-state index in [4.69, 9.17) is 0 Å². The van der Waals surface area contributed by atoms with Gasteiger partial charge in [-0.25, -0.2) is 8.78 Å². The quantitative estimate of drug-likeness (QED) is 0.345. The van der Waals surface area contributed by atoms with Gasteiger partial charge in [-0.1, -0.05) is 13.3 Å². The molecule has 0 atom stereocenters. The molecule has 144 valence electrons. The third kappa shape index (κ3) is 6.80. The Hall–Kier alpha value is -2.77. The second-order valence-corrected chi connectivity index (χ2v) is 5.68. The third-order valence-corrected chi connectivity index (χ3v) is 3.53. The maximum atomic E-state index is 14.0. The SMILES string of the molecule is CCCCc1cc(F)c(/C=N/N=C\c2ccc(OC(F)(F)F)cc2)c(F)c1. The van der Waals surface area contributed by atoms with Crippen LogP contribution in [0.1, 0.15) is 36.5 Å². The molecular weight excluding hydrogens is 367 g/mol. The first-order valence-electron chi connectivity index (χ1n) is 8.18. The Balaban J connectivity index is 2.02. The van der Waals surface area contributed by atoms with Gasteiger partial charge in [-0.15, -0.1) is 13.2 Å². The molecule has 0 aliphatic rings. The molecule has 0 spiro atoms. The van der Waals surface area contributed by atoms with Gasteiger partial charge in [0.25, 0.3) is 0 Å². The zero-order chi connectivity index (χ0) is 19.9. The Kier molecular flexibility index (Phi) is 7.04. The fourth-order valence-electron chi connectivity index (χ4n) is 2.23. The molecule has 2 aromatic rings. The minimum Gasteiger partial charge on any atom is -0.406 e. The molecule has 0 saturated heterocycles. The summed E-state index contributed by atoms with van der Waals surface area (Å²) in [5, 5.41) is 7.23. The summed E-state index contributed by atoms with van der Waals surface area (Å²) in [4.78, 5) is 0. The molecule has 3 nitrogen and oxygen atoms in total. The van der Waals surface area contributed by atoms with E-state index in [1.807, 2.05) is 6.92 Å². The number of halogens is 5. The van der Waals surface area contributed by atoms with Gasteiger partial charge < -0.3 is 4.74 Å². The summed E-state index contributed by atoms with van der Waals surface area (Å²) < 4.78 is 67.9. The molecule has 0 aromatic heterocycles. The van der Waals surface area contributed by atoms with Crippen LogP contribution in [0, 0.1) is 11.6 Å². The number of hydrogen-bond donors (Lipinski definition) is 0. The lowest BCUT2D eigenvalue weighted by Gasteiger charge is -2.08. The highest BCUT2D eigenvalue weighted by Crippen LogP contribution is 2.22. The lowest BCUT2D eigenvalue weighted by Crippen LogP contribution is -2.16. The first-order chi connectivity index (χ1) is 12.8. The molecule has 27 heavy (non-hydrogen) atoms. The average molecular weight is 384 g/mol. The van der Waals surface area contributed by atoms with Gasteiger partial charge in [-0.3, -0.25) is 0 Å². The van der Waals surface area contributed by atoms with Crippen LogP contribution < -0.4 is 4.74 Å². The Morgan fingerprint density at radius 1 is 0.963 bits per heavy atom. The molecule has 0 amide bonds. The van der Waals surface area contributed by atoms with Crippen LogP contribution >= 0.6 is 0 Å². The highest BCUT2D eigenvalue weighted by Gasteiger charge is 2.30. The maximum absolute atomic E-state index is 14.0. The summed E-state index contributed by atoms with van der Waals surface area (Å²) in [6.07, 6.45) is -0.229. The molecule has 2 aromatic carbocycles. The molecule has 0 bridgehead atoms. The smallest absolute Gasteiger partial charge is 0.406 e. The summed E-state index contributed by atoms with van der Waals surface area (Å²) >= 11 is 0. The third-order valence-electron chi connectivity index (χ3n) is 3.53. The Bertz CT molecular complexity index is 791. The van der Waals surface area contributed by atoms with Crippen molar-refractivity contribution in [3.05, 3.63) is 64.7 Å². The Morgan fingerprint density at radius 3 is 2.11 bits per heavy atom. The van der Waals surface area contributed by atoms with Crippen LogP contribution in [0.3, 0.4) is 0 Å². The Morgan fingerprint density at radius 2 is 1.56 bits per heavy atom. The molecule has 0 fully saturated rings. The monoisotopic (exact) mass is 384 g/mol. The van der Waals surface area contributed by atoms with E-state index in [1.165, 1.54) is 30.5 Å². The summed E-state index contributed by atoms with van der Waals surface area (Å²) in [5.41, 5.74) is 0.715. The number of benzene rings is 2. The van der Waals surface area contributed by atoms with E-state index < -0.39 is 18.0 Å². The largest absolute Gasteiger partial charge is 0.573 e. The van der Waals surface area contributed by atoms with Crippen LogP contribution in [-0.4, -0.2) is 18.8 Å². The minimum absolute atomic E-state index is 0.304. The number of alkyl halides is 3. The van der Waals surface area contributed by atoms with E-state index in [9.17, 15) is 22.0 Å². The number of ether oxygens (including phenoxy) is 1. The fourth-order valence-corrected chi connectivity index (χ4v) is 2.23. The van der Waals surface area contributed by atoms with E-state index in [2.05, 4.69) is 14.9 Å². The second kappa shape index (κ2) is 9.25. The van der Waals surface area contributed by atoms with Gasteiger partial charge in [0, 0.05) is 0 Å². The summed E-state index contributed by atoms with van der Waals surface area (Å²) in [7, 11) is 0. The zero-order valence-electron chi connectivity index (χ0n) is 14.4. The van der Waals surface area contributed by atoms with E-state index in [-0.39, 0.29) is 11.3 Å². The summed E-state index contributed by atoms with van der Waals surface area (Å²) in [6, 6.07) is 7.44. The normalized spacial score (nSPS) is 12.2. The number of hydrogen-bond acceptors (Lipinski definition) is 3. The number of nitrogens with zero attached hydrogens (tertiary/aromatic N) is 2. The summed E-state index contributed by atoms with van der Waals surface area (Å²) in [6.45, 7) is 1.99. The van der Waals surface area contributed by atoms with Crippen LogP contribution in [0.2, 0.25) is 0 Å². The summed E-state index contributed by atoms with van der Waals surface area (Å²) in [5.74, 6) is -1.82. The molecule has 0 aliphatic heterocycles. The van der Waals surface area contributed by atoms with Crippen LogP contribution in [0.25, 0.3) is 0 Å². The molecular formula is C19H17F5N2O.